The van der Waals surface area contributed by atoms with Crippen LogP contribution in [0.25, 0.3) is 0 Å². The van der Waals surface area contributed by atoms with Gasteiger partial charge in [0.05, 0.1) is 0 Å². The number of nitrogens with one attached hydrogen (secondary N) is 1. The number of amides is 2. The lowest BCUT2D eigenvalue weighted by atomic mass is 10.1. The number of carbonyl (C=O) groups is 2. The molecule has 20 heavy (non-hydrogen) atoms. The quantitative estimate of drug-likeness (QED) is 0.775. The van der Waals surface area contributed by atoms with Crippen LogP contribution in [0, 0.1) is 6.92 Å². The number of aryl methyl sites for hydroxylation is 1. The zero-order valence-corrected chi connectivity index (χ0v) is 12.4. The van der Waals surface area contributed by atoms with Crippen LogP contribution in [0.4, 0.5) is 5.69 Å². The molecule has 3 N–H and O–H groups in total. The number of nitrogen functional groups attached to an aromatic ring is 1. The van der Waals surface area contributed by atoms with Gasteiger partial charge >= 0.3 is 0 Å². The summed E-state index contributed by atoms with van der Waals surface area (Å²) in [5.41, 5.74) is 7.66. The molecule has 0 atom stereocenters. The molecule has 0 aliphatic heterocycles. The molecule has 0 bridgehead atoms. The maximum Gasteiger partial charge on any atom is 0.251 e. The number of benzene rings is 1. The monoisotopic (exact) mass is 277 g/mol. The van der Waals surface area contributed by atoms with Crippen molar-refractivity contribution in [2.75, 3.05) is 25.4 Å². The SMILES string of the molecule is CCN(CC)C(=O)CCNC(=O)c1cc(N)ccc1C. The van der Waals surface area contributed by atoms with Gasteiger partial charge in [0.1, 0.15) is 0 Å². The number of hydrogen-bond acceptors (Lipinski definition) is 3. The number of anilines is 1. The van der Waals surface area contributed by atoms with Crippen LogP contribution in [0.1, 0.15) is 36.2 Å². The lowest BCUT2D eigenvalue weighted by Gasteiger charge is -2.18. The van der Waals surface area contributed by atoms with Crippen LogP contribution in [0.15, 0.2) is 18.2 Å². The molecule has 0 aliphatic rings. The third-order valence-corrected chi connectivity index (χ3v) is 3.25. The predicted octanol–water partition coefficient (Wildman–Crippen LogP) is 1.57. The fraction of sp³-hybridized carbons (Fsp3) is 0.467. The van der Waals surface area contributed by atoms with Gasteiger partial charge in [0.2, 0.25) is 5.91 Å². The molecule has 1 aromatic carbocycles. The van der Waals surface area contributed by atoms with Crippen molar-refractivity contribution in [1.29, 1.82) is 0 Å². The smallest absolute Gasteiger partial charge is 0.251 e. The van der Waals surface area contributed by atoms with E-state index in [4.69, 9.17) is 5.73 Å². The molecule has 2 amide bonds. The molecule has 0 saturated carbocycles. The van der Waals surface area contributed by atoms with E-state index in [1.807, 2.05) is 26.8 Å². The fourth-order valence-corrected chi connectivity index (χ4v) is 2.00. The fourth-order valence-electron chi connectivity index (χ4n) is 2.00. The third-order valence-electron chi connectivity index (χ3n) is 3.25. The number of nitrogens with zero attached hydrogens (tertiary/aromatic N) is 1. The van der Waals surface area contributed by atoms with Gasteiger partial charge in [-0.25, -0.2) is 0 Å². The van der Waals surface area contributed by atoms with E-state index >= 15 is 0 Å². The molecule has 0 heterocycles. The van der Waals surface area contributed by atoms with Crippen LogP contribution in [0.2, 0.25) is 0 Å². The Morgan fingerprint density at radius 2 is 1.90 bits per heavy atom. The number of hydrogen-bond donors (Lipinski definition) is 2. The maximum atomic E-state index is 12.0. The molecule has 110 valence electrons. The molecule has 0 aliphatic carbocycles. The van der Waals surface area contributed by atoms with E-state index in [0.29, 0.717) is 37.3 Å². The topological polar surface area (TPSA) is 75.4 Å². The highest BCUT2D eigenvalue weighted by molar-refractivity contribution is 5.96. The Morgan fingerprint density at radius 1 is 1.25 bits per heavy atom. The van der Waals surface area contributed by atoms with Crippen LogP contribution in [0.5, 0.6) is 0 Å². The summed E-state index contributed by atoms with van der Waals surface area (Å²) in [5, 5.41) is 2.76. The minimum Gasteiger partial charge on any atom is -0.399 e. The van der Waals surface area contributed by atoms with Crippen molar-refractivity contribution in [3.8, 4) is 0 Å². The molecule has 5 heteroatoms. The number of nitrogens with two attached hydrogens (primary N) is 1. The first-order chi connectivity index (χ1) is 9.49. The van der Waals surface area contributed by atoms with Crippen LogP contribution in [0.3, 0.4) is 0 Å². The standard InChI is InChI=1S/C15H23N3O2/c1-4-18(5-2)14(19)8-9-17-15(20)13-10-12(16)7-6-11(13)3/h6-7,10H,4-5,8-9,16H2,1-3H3,(H,17,20). The normalized spacial score (nSPS) is 10.2. The van der Waals surface area contributed by atoms with Gasteiger partial charge in [-0.1, -0.05) is 6.07 Å². The van der Waals surface area contributed by atoms with Gasteiger partial charge in [0.25, 0.3) is 5.91 Å². The van der Waals surface area contributed by atoms with Gasteiger partial charge in [-0.3, -0.25) is 9.59 Å². The van der Waals surface area contributed by atoms with E-state index in [0.717, 1.165) is 5.56 Å². The van der Waals surface area contributed by atoms with E-state index < -0.39 is 0 Å². The van der Waals surface area contributed by atoms with Gasteiger partial charge < -0.3 is 16.0 Å². The van der Waals surface area contributed by atoms with Gasteiger partial charge in [0.15, 0.2) is 0 Å². The Balaban J connectivity index is 2.52. The molecule has 0 spiro atoms. The Morgan fingerprint density at radius 3 is 2.50 bits per heavy atom. The summed E-state index contributed by atoms with van der Waals surface area (Å²) in [4.78, 5) is 25.6. The maximum absolute atomic E-state index is 12.0. The Kier molecular flexibility index (Phi) is 6.03. The number of rotatable bonds is 6. The number of carbonyl (C=O) groups excluding carboxylic acids is 2. The molecular weight excluding hydrogens is 254 g/mol. The summed E-state index contributed by atoms with van der Waals surface area (Å²) in [6.07, 6.45) is 0.314. The summed E-state index contributed by atoms with van der Waals surface area (Å²) < 4.78 is 0. The zero-order chi connectivity index (χ0) is 15.1. The summed E-state index contributed by atoms with van der Waals surface area (Å²) in [5.74, 6) is -0.137. The van der Waals surface area contributed by atoms with Crippen molar-refractivity contribution in [3.63, 3.8) is 0 Å². The first-order valence-electron chi connectivity index (χ1n) is 6.91. The molecule has 0 fully saturated rings. The first kappa shape index (κ1) is 16.0. The second-order valence-corrected chi connectivity index (χ2v) is 4.65. The first-order valence-corrected chi connectivity index (χ1v) is 6.91. The molecule has 1 rings (SSSR count). The average Bonchev–Trinajstić information content (AvgIpc) is 2.42. The minimum atomic E-state index is -0.192. The molecular formula is C15H23N3O2. The Labute approximate surface area is 120 Å². The summed E-state index contributed by atoms with van der Waals surface area (Å²) in [6, 6.07) is 5.22. The highest BCUT2D eigenvalue weighted by Gasteiger charge is 2.12. The van der Waals surface area contributed by atoms with Crippen molar-refractivity contribution < 1.29 is 9.59 Å². The van der Waals surface area contributed by atoms with Crippen LogP contribution in [-0.4, -0.2) is 36.3 Å². The minimum absolute atomic E-state index is 0.0552. The second-order valence-electron chi connectivity index (χ2n) is 4.65. The molecule has 0 saturated heterocycles. The van der Waals surface area contributed by atoms with Gasteiger partial charge in [0, 0.05) is 37.3 Å². The lowest BCUT2D eigenvalue weighted by molar-refractivity contribution is -0.130. The Bertz CT molecular complexity index is 482. The van der Waals surface area contributed by atoms with Crippen LogP contribution >= 0.6 is 0 Å². The second kappa shape index (κ2) is 7.53. The van der Waals surface area contributed by atoms with Crippen molar-refractivity contribution in [1.82, 2.24) is 10.2 Å². The predicted molar refractivity (Wildman–Crippen MR) is 80.5 cm³/mol. The summed E-state index contributed by atoms with van der Waals surface area (Å²) in [7, 11) is 0. The van der Waals surface area contributed by atoms with Crippen LogP contribution < -0.4 is 11.1 Å². The van der Waals surface area contributed by atoms with Crippen molar-refractivity contribution in [3.05, 3.63) is 29.3 Å². The highest BCUT2D eigenvalue weighted by atomic mass is 16.2. The van der Waals surface area contributed by atoms with Crippen molar-refractivity contribution >= 4 is 17.5 Å². The van der Waals surface area contributed by atoms with E-state index in [1.54, 1.807) is 17.0 Å². The van der Waals surface area contributed by atoms with Crippen LogP contribution in [-0.2, 0) is 4.79 Å². The highest BCUT2D eigenvalue weighted by Crippen LogP contribution is 2.12. The third kappa shape index (κ3) is 4.26. The van der Waals surface area contributed by atoms with E-state index in [2.05, 4.69) is 5.32 Å². The molecule has 5 nitrogen and oxygen atoms in total. The zero-order valence-electron chi connectivity index (χ0n) is 12.4. The lowest BCUT2D eigenvalue weighted by Crippen LogP contribution is -2.34. The van der Waals surface area contributed by atoms with E-state index in [1.165, 1.54) is 0 Å². The van der Waals surface area contributed by atoms with Crippen molar-refractivity contribution in [2.45, 2.75) is 27.2 Å². The van der Waals surface area contributed by atoms with E-state index in [9.17, 15) is 9.59 Å². The molecule has 0 unspecified atom stereocenters. The molecule has 1 aromatic rings. The van der Waals surface area contributed by atoms with Crippen molar-refractivity contribution in [2.24, 2.45) is 0 Å². The van der Waals surface area contributed by atoms with Gasteiger partial charge in [-0.2, -0.15) is 0 Å². The molecule has 0 aromatic heterocycles. The van der Waals surface area contributed by atoms with Gasteiger partial charge in [-0.05, 0) is 38.5 Å². The Hall–Kier alpha value is -2.04. The summed E-state index contributed by atoms with van der Waals surface area (Å²) in [6.45, 7) is 7.46. The average molecular weight is 277 g/mol. The largest absolute Gasteiger partial charge is 0.399 e. The van der Waals surface area contributed by atoms with E-state index in [-0.39, 0.29) is 11.8 Å². The molecule has 0 radical (unpaired) electrons. The van der Waals surface area contributed by atoms with Gasteiger partial charge in [-0.15, -0.1) is 0 Å². The summed E-state index contributed by atoms with van der Waals surface area (Å²) >= 11 is 0.